The fraction of sp³-hybridized carbons (Fsp3) is 0.292. The highest BCUT2D eigenvalue weighted by Gasteiger charge is 2.15. The summed E-state index contributed by atoms with van der Waals surface area (Å²) in [7, 11) is 0. The number of aromatic nitrogens is 1. The molecule has 0 radical (unpaired) electrons. The molecule has 3 rings (SSSR count). The van der Waals surface area contributed by atoms with Gasteiger partial charge in [-0.1, -0.05) is 17.7 Å². The van der Waals surface area contributed by atoms with Crippen molar-refractivity contribution in [2.45, 2.75) is 25.4 Å². The smallest absolute Gasteiger partial charge is 0.412 e. The average molecular weight is 506 g/mol. The molecule has 186 valence electrons. The molecule has 8 nitrogen and oxygen atoms in total. The predicted octanol–water partition coefficient (Wildman–Crippen LogP) is 3.73. The summed E-state index contributed by atoms with van der Waals surface area (Å²) in [6.07, 6.45) is 1.88. The summed E-state index contributed by atoms with van der Waals surface area (Å²) in [5.74, 6) is -0.939. The van der Waals surface area contributed by atoms with Crippen molar-refractivity contribution in [1.29, 1.82) is 0 Å². The van der Waals surface area contributed by atoms with E-state index in [2.05, 4.69) is 20.9 Å². The monoisotopic (exact) mass is 505 g/mol. The Morgan fingerprint density at radius 1 is 1.09 bits per heavy atom. The normalized spacial score (nSPS) is 11.8. The molecule has 0 aliphatic rings. The number of pyridine rings is 1. The Labute approximate surface area is 206 Å². The van der Waals surface area contributed by atoms with Crippen LogP contribution in [0.15, 0.2) is 48.7 Å². The van der Waals surface area contributed by atoms with Gasteiger partial charge in [-0.05, 0) is 66.7 Å². The SMILES string of the molecule is NCCC[C@@H](COC(=O)Nc1cc2cc(F)ccc2cn1)NC(=O)CNCc1ccc(F)cc1Cl. The standard InChI is InChI=1S/C24H26ClF2N5O3/c25-21-10-19(27)6-4-16(21)11-29-13-23(33)31-20(2-1-7-28)14-35-24(34)32-22-9-17-8-18(26)5-3-15(17)12-30-22/h3-6,8-10,12,20,29H,1-2,7,11,13-14,28H2,(H,31,33)(H,30,32,34)/t20-/m0/s1. The molecule has 35 heavy (non-hydrogen) atoms. The maximum absolute atomic E-state index is 13.4. The van der Waals surface area contributed by atoms with Gasteiger partial charge in [0.2, 0.25) is 5.91 Å². The molecule has 3 aromatic rings. The molecule has 5 N–H and O–H groups in total. The molecule has 0 aliphatic heterocycles. The third-order valence-electron chi connectivity index (χ3n) is 5.07. The van der Waals surface area contributed by atoms with Crippen LogP contribution in [-0.4, -0.2) is 42.7 Å². The summed E-state index contributed by atoms with van der Waals surface area (Å²) in [4.78, 5) is 28.7. The number of fused-ring (bicyclic) bond motifs is 1. The Balaban J connectivity index is 1.47. The van der Waals surface area contributed by atoms with Gasteiger partial charge < -0.3 is 21.1 Å². The van der Waals surface area contributed by atoms with E-state index in [1.807, 2.05) is 0 Å². The van der Waals surface area contributed by atoms with E-state index < -0.39 is 23.8 Å². The maximum atomic E-state index is 13.4. The number of amides is 2. The van der Waals surface area contributed by atoms with Gasteiger partial charge in [0.05, 0.1) is 12.6 Å². The highest BCUT2D eigenvalue weighted by Crippen LogP contribution is 2.18. The number of nitrogens with one attached hydrogen (secondary N) is 3. The lowest BCUT2D eigenvalue weighted by atomic mass is 10.1. The quantitative estimate of drug-likeness (QED) is 0.315. The molecule has 1 heterocycles. The van der Waals surface area contributed by atoms with Gasteiger partial charge in [-0.25, -0.2) is 18.6 Å². The molecule has 0 spiro atoms. The van der Waals surface area contributed by atoms with Crippen LogP contribution < -0.4 is 21.7 Å². The molecule has 0 fully saturated rings. The average Bonchev–Trinajstić information content (AvgIpc) is 2.82. The fourth-order valence-corrected chi connectivity index (χ4v) is 3.55. The Hall–Kier alpha value is -3.34. The lowest BCUT2D eigenvalue weighted by molar-refractivity contribution is -0.121. The van der Waals surface area contributed by atoms with E-state index in [0.29, 0.717) is 30.3 Å². The molecule has 0 aliphatic carbocycles. The first-order chi connectivity index (χ1) is 16.8. The number of ether oxygens (including phenoxy) is 1. The Morgan fingerprint density at radius 2 is 1.86 bits per heavy atom. The summed E-state index contributed by atoms with van der Waals surface area (Å²) in [6, 6.07) is 9.38. The third kappa shape index (κ3) is 8.43. The van der Waals surface area contributed by atoms with Crippen molar-refractivity contribution < 1.29 is 23.1 Å². The number of carbonyl (C=O) groups is 2. The molecule has 0 bridgehead atoms. The number of carbonyl (C=O) groups excluding carboxylic acids is 2. The van der Waals surface area contributed by atoms with Crippen LogP contribution in [0.1, 0.15) is 18.4 Å². The summed E-state index contributed by atoms with van der Waals surface area (Å²) in [5, 5.41) is 9.81. The van der Waals surface area contributed by atoms with Gasteiger partial charge in [-0.3, -0.25) is 10.1 Å². The topological polar surface area (TPSA) is 118 Å². The molecule has 11 heteroatoms. The second-order valence-corrected chi connectivity index (χ2v) is 8.23. The Morgan fingerprint density at radius 3 is 2.63 bits per heavy atom. The van der Waals surface area contributed by atoms with Crippen molar-refractivity contribution in [3.05, 3.63) is 70.9 Å². The number of hydrogen-bond donors (Lipinski definition) is 4. The van der Waals surface area contributed by atoms with Crippen molar-refractivity contribution in [3.8, 4) is 0 Å². The number of halogens is 3. The molecular formula is C24H26ClF2N5O3. The number of nitrogens with two attached hydrogens (primary N) is 1. The first-order valence-electron chi connectivity index (χ1n) is 11.0. The van der Waals surface area contributed by atoms with Gasteiger partial charge >= 0.3 is 6.09 Å². The van der Waals surface area contributed by atoms with Crippen molar-refractivity contribution in [1.82, 2.24) is 15.6 Å². The van der Waals surface area contributed by atoms with Crippen LogP contribution in [0.4, 0.5) is 19.4 Å². The molecule has 2 amide bonds. The Kier molecular flexibility index (Phi) is 9.71. The van der Waals surface area contributed by atoms with Crippen LogP contribution in [0, 0.1) is 11.6 Å². The number of rotatable bonds is 11. The van der Waals surface area contributed by atoms with Crippen LogP contribution in [0.3, 0.4) is 0 Å². The van der Waals surface area contributed by atoms with E-state index in [1.165, 1.54) is 36.5 Å². The summed E-state index contributed by atoms with van der Waals surface area (Å²) in [6.45, 7) is 0.596. The molecule has 1 atom stereocenters. The van der Waals surface area contributed by atoms with Gasteiger partial charge in [-0.15, -0.1) is 0 Å². The minimum absolute atomic E-state index is 0.0173. The lowest BCUT2D eigenvalue weighted by Gasteiger charge is -2.19. The number of nitrogens with zero attached hydrogens (tertiary/aromatic N) is 1. The second-order valence-electron chi connectivity index (χ2n) is 7.82. The van der Waals surface area contributed by atoms with E-state index in [9.17, 15) is 18.4 Å². The van der Waals surface area contributed by atoms with E-state index in [4.69, 9.17) is 22.1 Å². The minimum Gasteiger partial charge on any atom is -0.447 e. The van der Waals surface area contributed by atoms with Crippen LogP contribution in [0.5, 0.6) is 0 Å². The molecule has 0 saturated heterocycles. The van der Waals surface area contributed by atoms with Crippen molar-refractivity contribution in [2.75, 3.05) is 25.0 Å². The molecule has 0 saturated carbocycles. The van der Waals surface area contributed by atoms with Gasteiger partial charge in [-0.2, -0.15) is 0 Å². The molecule has 2 aromatic carbocycles. The molecule has 1 aromatic heterocycles. The summed E-state index contributed by atoms with van der Waals surface area (Å²) < 4.78 is 31.8. The van der Waals surface area contributed by atoms with E-state index in [1.54, 1.807) is 12.1 Å². The lowest BCUT2D eigenvalue weighted by Crippen LogP contribution is -2.43. The van der Waals surface area contributed by atoms with E-state index in [0.717, 1.165) is 5.39 Å². The van der Waals surface area contributed by atoms with Gasteiger partial charge in [0.15, 0.2) is 0 Å². The van der Waals surface area contributed by atoms with Gasteiger partial charge in [0.25, 0.3) is 0 Å². The highest BCUT2D eigenvalue weighted by molar-refractivity contribution is 6.31. The zero-order valence-corrected chi connectivity index (χ0v) is 19.6. The van der Waals surface area contributed by atoms with Crippen LogP contribution in [0.2, 0.25) is 5.02 Å². The number of anilines is 1. The first-order valence-corrected chi connectivity index (χ1v) is 11.3. The number of benzene rings is 2. The minimum atomic E-state index is -0.760. The first kappa shape index (κ1) is 26.3. The fourth-order valence-electron chi connectivity index (χ4n) is 3.31. The van der Waals surface area contributed by atoms with Crippen LogP contribution in [-0.2, 0) is 16.1 Å². The summed E-state index contributed by atoms with van der Waals surface area (Å²) >= 11 is 5.98. The second kappa shape index (κ2) is 12.9. The van der Waals surface area contributed by atoms with Crippen molar-refractivity contribution in [3.63, 3.8) is 0 Å². The van der Waals surface area contributed by atoms with Crippen LogP contribution in [0.25, 0.3) is 10.8 Å². The molecule has 0 unspecified atom stereocenters. The number of hydrogen-bond acceptors (Lipinski definition) is 6. The molecular weight excluding hydrogens is 480 g/mol. The zero-order valence-electron chi connectivity index (χ0n) is 18.8. The highest BCUT2D eigenvalue weighted by atomic mass is 35.5. The van der Waals surface area contributed by atoms with Gasteiger partial charge in [0, 0.05) is 23.2 Å². The van der Waals surface area contributed by atoms with Crippen LogP contribution >= 0.6 is 11.6 Å². The third-order valence-corrected chi connectivity index (χ3v) is 5.42. The largest absolute Gasteiger partial charge is 0.447 e. The van der Waals surface area contributed by atoms with Gasteiger partial charge in [0.1, 0.15) is 24.1 Å². The zero-order chi connectivity index (χ0) is 25.2. The van der Waals surface area contributed by atoms with Crippen molar-refractivity contribution in [2.24, 2.45) is 5.73 Å². The van der Waals surface area contributed by atoms with E-state index in [-0.39, 0.29) is 36.4 Å². The summed E-state index contributed by atoms with van der Waals surface area (Å²) in [5.41, 5.74) is 6.23. The predicted molar refractivity (Wildman–Crippen MR) is 130 cm³/mol. The Bertz CT molecular complexity index is 1180. The van der Waals surface area contributed by atoms with E-state index >= 15 is 0 Å². The van der Waals surface area contributed by atoms with Crippen molar-refractivity contribution >= 4 is 40.2 Å². The maximum Gasteiger partial charge on any atom is 0.412 e.